The maximum absolute atomic E-state index is 10.3. The van der Waals surface area contributed by atoms with E-state index in [1.54, 1.807) is 0 Å². The second kappa shape index (κ2) is 5.48. The number of ether oxygens (including phenoxy) is 1. The van der Waals surface area contributed by atoms with E-state index in [2.05, 4.69) is 0 Å². The Kier molecular flexibility index (Phi) is 4.22. The molecule has 3 nitrogen and oxygen atoms in total. The van der Waals surface area contributed by atoms with Crippen molar-refractivity contribution < 1.29 is 14.9 Å². The zero-order valence-electron chi connectivity index (χ0n) is 10.0. The van der Waals surface area contributed by atoms with Crippen molar-refractivity contribution in [1.82, 2.24) is 0 Å². The minimum absolute atomic E-state index is 0.321. The molecule has 1 heterocycles. The van der Waals surface area contributed by atoms with Crippen LogP contribution in [0.5, 0.6) is 0 Å². The fourth-order valence-electron chi connectivity index (χ4n) is 2.98. The Bertz CT molecular complexity index is 205. The summed E-state index contributed by atoms with van der Waals surface area (Å²) in [5.41, 5.74) is -0.809. The van der Waals surface area contributed by atoms with Crippen molar-refractivity contribution in [3.8, 4) is 0 Å². The van der Waals surface area contributed by atoms with E-state index in [1.165, 1.54) is 6.42 Å². The zero-order valence-corrected chi connectivity index (χ0v) is 10.0. The molecule has 2 fully saturated rings. The summed E-state index contributed by atoms with van der Waals surface area (Å²) in [6.45, 7) is 0.866. The third-order valence-electron chi connectivity index (χ3n) is 4.13. The molecule has 2 atom stereocenters. The van der Waals surface area contributed by atoms with Crippen LogP contribution in [0.2, 0.25) is 0 Å². The Balaban J connectivity index is 1.74. The van der Waals surface area contributed by atoms with Crippen molar-refractivity contribution in [2.24, 2.45) is 0 Å². The number of aliphatic hydroxyl groups excluding tert-OH is 1. The van der Waals surface area contributed by atoms with Gasteiger partial charge in [-0.15, -0.1) is 0 Å². The molecule has 2 N–H and O–H groups in total. The van der Waals surface area contributed by atoms with Crippen LogP contribution in [0, 0.1) is 0 Å². The molecule has 0 bridgehead atoms. The molecule has 1 saturated heterocycles. The molecule has 1 aliphatic heterocycles. The van der Waals surface area contributed by atoms with Gasteiger partial charge in [0.25, 0.3) is 0 Å². The van der Waals surface area contributed by atoms with Crippen molar-refractivity contribution in [3.63, 3.8) is 0 Å². The van der Waals surface area contributed by atoms with Gasteiger partial charge in [0, 0.05) is 6.61 Å². The normalized spacial score (nSPS) is 31.5. The Morgan fingerprint density at radius 1 is 1.19 bits per heavy atom. The summed E-state index contributed by atoms with van der Waals surface area (Å²) in [5, 5.41) is 20.4. The highest BCUT2D eigenvalue weighted by atomic mass is 16.5. The average Bonchev–Trinajstić information content (AvgIpc) is 2.79. The molecule has 2 aliphatic rings. The monoisotopic (exact) mass is 228 g/mol. The molecule has 0 aromatic carbocycles. The molecule has 1 aliphatic carbocycles. The highest BCUT2D eigenvalue weighted by molar-refractivity contribution is 4.89. The van der Waals surface area contributed by atoms with Crippen LogP contribution in [0.4, 0.5) is 0 Å². The van der Waals surface area contributed by atoms with Crippen molar-refractivity contribution in [2.75, 3.05) is 6.61 Å². The minimum Gasteiger partial charge on any atom is -0.390 e. The van der Waals surface area contributed by atoms with Crippen LogP contribution in [0.3, 0.4) is 0 Å². The molecule has 0 aromatic heterocycles. The van der Waals surface area contributed by atoms with Crippen LogP contribution in [-0.2, 0) is 4.74 Å². The van der Waals surface area contributed by atoms with Gasteiger partial charge < -0.3 is 14.9 Å². The van der Waals surface area contributed by atoms with E-state index in [1.807, 2.05) is 0 Å². The first-order valence-electron chi connectivity index (χ1n) is 6.73. The molecule has 0 spiro atoms. The molecular weight excluding hydrogens is 204 g/mol. The summed E-state index contributed by atoms with van der Waals surface area (Å²) in [6.07, 6.45) is 8.42. The molecule has 94 valence electrons. The van der Waals surface area contributed by atoms with Crippen molar-refractivity contribution >= 4 is 0 Å². The van der Waals surface area contributed by atoms with Crippen LogP contribution in [-0.4, -0.2) is 34.6 Å². The largest absolute Gasteiger partial charge is 0.390 e. The van der Waals surface area contributed by atoms with Crippen LogP contribution in [0.1, 0.15) is 57.8 Å². The Morgan fingerprint density at radius 2 is 1.94 bits per heavy atom. The molecule has 0 amide bonds. The van der Waals surface area contributed by atoms with Gasteiger partial charge in [-0.3, -0.25) is 0 Å². The molecule has 0 aromatic rings. The molecule has 0 radical (unpaired) electrons. The van der Waals surface area contributed by atoms with Crippen LogP contribution in [0.15, 0.2) is 0 Å². The highest BCUT2D eigenvalue weighted by Gasteiger charge is 2.36. The first-order chi connectivity index (χ1) is 7.71. The predicted molar refractivity (Wildman–Crippen MR) is 62.2 cm³/mol. The van der Waals surface area contributed by atoms with Gasteiger partial charge in [-0.05, 0) is 38.5 Å². The predicted octanol–water partition coefficient (Wildman–Crippen LogP) is 2.00. The van der Waals surface area contributed by atoms with Gasteiger partial charge in [-0.2, -0.15) is 0 Å². The Morgan fingerprint density at radius 3 is 2.56 bits per heavy atom. The first-order valence-corrected chi connectivity index (χ1v) is 6.73. The fourth-order valence-corrected chi connectivity index (χ4v) is 2.98. The number of hydrogen-bond donors (Lipinski definition) is 2. The second-order valence-corrected chi connectivity index (χ2v) is 5.39. The van der Waals surface area contributed by atoms with E-state index in [-0.39, 0.29) is 0 Å². The average molecular weight is 228 g/mol. The molecule has 3 heteroatoms. The number of aliphatic hydroxyl groups is 2. The summed E-state index contributed by atoms with van der Waals surface area (Å²) >= 11 is 0. The van der Waals surface area contributed by atoms with Crippen LogP contribution in [0.25, 0.3) is 0 Å². The van der Waals surface area contributed by atoms with Crippen molar-refractivity contribution in [1.29, 1.82) is 0 Å². The summed E-state index contributed by atoms with van der Waals surface area (Å²) in [5.74, 6) is 0. The summed E-state index contributed by atoms with van der Waals surface area (Å²) < 4.78 is 5.53. The van der Waals surface area contributed by atoms with Gasteiger partial charge in [-0.1, -0.05) is 19.3 Å². The third kappa shape index (κ3) is 2.96. The lowest BCUT2D eigenvalue weighted by Gasteiger charge is -2.36. The van der Waals surface area contributed by atoms with Gasteiger partial charge in [0.2, 0.25) is 0 Å². The van der Waals surface area contributed by atoms with Gasteiger partial charge in [0.1, 0.15) is 0 Å². The van der Waals surface area contributed by atoms with E-state index in [4.69, 9.17) is 4.74 Å². The fraction of sp³-hybridized carbons (Fsp3) is 1.00. The molecule has 2 unspecified atom stereocenters. The Labute approximate surface area is 97.8 Å². The molecular formula is C13H24O3. The SMILES string of the molecule is OC(CCC1CCCO1)C1(O)CCCCC1. The molecule has 16 heavy (non-hydrogen) atoms. The van der Waals surface area contributed by atoms with Crippen molar-refractivity contribution in [3.05, 3.63) is 0 Å². The van der Waals surface area contributed by atoms with E-state index in [0.717, 1.165) is 51.6 Å². The van der Waals surface area contributed by atoms with E-state index in [0.29, 0.717) is 12.5 Å². The van der Waals surface area contributed by atoms with E-state index in [9.17, 15) is 10.2 Å². The van der Waals surface area contributed by atoms with E-state index < -0.39 is 11.7 Å². The zero-order chi connectivity index (χ0) is 11.4. The summed E-state index contributed by atoms with van der Waals surface area (Å²) in [7, 11) is 0. The topological polar surface area (TPSA) is 49.7 Å². The van der Waals surface area contributed by atoms with Gasteiger partial charge in [-0.25, -0.2) is 0 Å². The van der Waals surface area contributed by atoms with Crippen LogP contribution < -0.4 is 0 Å². The first kappa shape index (κ1) is 12.3. The van der Waals surface area contributed by atoms with E-state index >= 15 is 0 Å². The van der Waals surface area contributed by atoms with Crippen molar-refractivity contribution in [2.45, 2.75) is 75.6 Å². The summed E-state index contributed by atoms with van der Waals surface area (Å²) in [6, 6.07) is 0. The van der Waals surface area contributed by atoms with Gasteiger partial charge >= 0.3 is 0 Å². The van der Waals surface area contributed by atoms with Gasteiger partial charge in [0.15, 0.2) is 0 Å². The number of hydrogen-bond acceptors (Lipinski definition) is 3. The van der Waals surface area contributed by atoms with Gasteiger partial charge in [0.05, 0.1) is 17.8 Å². The number of rotatable bonds is 4. The third-order valence-corrected chi connectivity index (χ3v) is 4.13. The standard InChI is InChI=1S/C13H24O3/c14-12(7-6-11-5-4-10-16-11)13(15)8-2-1-3-9-13/h11-12,14-15H,1-10H2. The summed E-state index contributed by atoms with van der Waals surface area (Å²) in [4.78, 5) is 0. The maximum atomic E-state index is 10.3. The maximum Gasteiger partial charge on any atom is 0.0905 e. The highest BCUT2D eigenvalue weighted by Crippen LogP contribution is 2.33. The lowest BCUT2D eigenvalue weighted by molar-refractivity contribution is -0.103. The molecule has 2 rings (SSSR count). The minimum atomic E-state index is -0.809. The second-order valence-electron chi connectivity index (χ2n) is 5.39. The van der Waals surface area contributed by atoms with Crippen LogP contribution >= 0.6 is 0 Å². The lowest BCUT2D eigenvalue weighted by Crippen LogP contribution is -2.44. The Hall–Kier alpha value is -0.120. The smallest absolute Gasteiger partial charge is 0.0905 e. The molecule has 1 saturated carbocycles. The quantitative estimate of drug-likeness (QED) is 0.773. The lowest BCUT2D eigenvalue weighted by atomic mass is 9.79.